The van der Waals surface area contributed by atoms with Gasteiger partial charge in [-0.1, -0.05) is 36.4 Å². The molecule has 1 atom stereocenters. The molecule has 0 spiro atoms. The van der Waals surface area contributed by atoms with Crippen molar-refractivity contribution in [3.63, 3.8) is 0 Å². The molecular weight excluding hydrogens is 212 g/mol. The molecule has 17 heavy (non-hydrogen) atoms. The lowest BCUT2D eigenvalue weighted by atomic mass is 10.1. The number of ether oxygens (including phenoxy) is 1. The van der Waals surface area contributed by atoms with E-state index in [0.29, 0.717) is 5.56 Å². The van der Waals surface area contributed by atoms with E-state index in [9.17, 15) is 4.79 Å². The summed E-state index contributed by atoms with van der Waals surface area (Å²) in [5.41, 5.74) is 0.604. The molecular formula is C15H16O2. The van der Waals surface area contributed by atoms with Gasteiger partial charge in [0, 0.05) is 6.42 Å². The maximum Gasteiger partial charge on any atom is 0.338 e. The summed E-state index contributed by atoms with van der Waals surface area (Å²) in [6, 6.07) is 9.10. The minimum atomic E-state index is -0.255. The van der Waals surface area contributed by atoms with Gasteiger partial charge >= 0.3 is 5.97 Å². The molecule has 0 radical (unpaired) electrons. The van der Waals surface area contributed by atoms with Crippen molar-refractivity contribution in [2.24, 2.45) is 0 Å². The van der Waals surface area contributed by atoms with Gasteiger partial charge in [-0.2, -0.15) is 0 Å². The molecule has 1 aromatic rings. The molecule has 88 valence electrons. The van der Waals surface area contributed by atoms with E-state index in [1.165, 1.54) is 0 Å². The molecule has 0 heterocycles. The van der Waals surface area contributed by atoms with Gasteiger partial charge in [0.05, 0.1) is 5.56 Å². The molecule has 0 bridgehead atoms. The molecule has 2 rings (SSSR count). The highest BCUT2D eigenvalue weighted by Gasteiger charge is 2.12. The van der Waals surface area contributed by atoms with E-state index in [-0.39, 0.29) is 12.1 Å². The lowest BCUT2D eigenvalue weighted by Gasteiger charge is -2.13. The van der Waals surface area contributed by atoms with E-state index in [1.807, 2.05) is 24.3 Å². The molecule has 0 amide bonds. The third kappa shape index (κ3) is 3.59. The molecule has 2 heteroatoms. The Morgan fingerprint density at radius 3 is 2.65 bits per heavy atom. The Morgan fingerprint density at radius 2 is 1.82 bits per heavy atom. The molecule has 0 aromatic heterocycles. The maximum atomic E-state index is 11.8. The fourth-order valence-corrected chi connectivity index (χ4v) is 1.73. The van der Waals surface area contributed by atoms with Gasteiger partial charge in [-0.3, -0.25) is 0 Å². The van der Waals surface area contributed by atoms with Gasteiger partial charge in [0.2, 0.25) is 0 Å². The molecule has 0 fully saturated rings. The fraction of sp³-hybridized carbons (Fsp3) is 0.267. The molecule has 0 saturated heterocycles. The molecule has 0 N–H and O–H groups in total. The number of allylic oxidation sites excluding steroid dienone is 2. The van der Waals surface area contributed by atoms with Crippen molar-refractivity contribution in [3.05, 3.63) is 60.2 Å². The van der Waals surface area contributed by atoms with Crippen molar-refractivity contribution in [1.82, 2.24) is 0 Å². The van der Waals surface area contributed by atoms with E-state index in [0.717, 1.165) is 19.3 Å². The lowest BCUT2D eigenvalue weighted by Crippen LogP contribution is -2.15. The van der Waals surface area contributed by atoms with Crippen molar-refractivity contribution >= 4 is 5.97 Å². The van der Waals surface area contributed by atoms with Gasteiger partial charge in [0.25, 0.3) is 0 Å². The number of hydrogen-bond acceptors (Lipinski definition) is 2. The molecule has 2 nitrogen and oxygen atoms in total. The quantitative estimate of drug-likeness (QED) is 0.572. The van der Waals surface area contributed by atoms with Crippen LogP contribution in [0.15, 0.2) is 54.6 Å². The van der Waals surface area contributed by atoms with E-state index < -0.39 is 0 Å². The Kier molecular flexibility index (Phi) is 4.14. The summed E-state index contributed by atoms with van der Waals surface area (Å²) in [7, 11) is 0. The van der Waals surface area contributed by atoms with Crippen LogP contribution in [0.3, 0.4) is 0 Å². The molecule has 1 aromatic carbocycles. The number of hydrogen-bond donors (Lipinski definition) is 0. The summed E-state index contributed by atoms with van der Waals surface area (Å²) in [6.07, 6.45) is 11.0. The van der Waals surface area contributed by atoms with Gasteiger partial charge in [-0.15, -0.1) is 0 Å². The highest BCUT2D eigenvalue weighted by atomic mass is 16.5. The van der Waals surface area contributed by atoms with Crippen molar-refractivity contribution in [3.8, 4) is 0 Å². The van der Waals surface area contributed by atoms with Crippen molar-refractivity contribution in [2.45, 2.75) is 25.4 Å². The second-order valence-electron chi connectivity index (χ2n) is 4.02. The average molecular weight is 228 g/mol. The second kappa shape index (κ2) is 6.04. The van der Waals surface area contributed by atoms with Crippen molar-refractivity contribution in [2.75, 3.05) is 0 Å². The molecule has 0 aliphatic heterocycles. The third-order valence-corrected chi connectivity index (χ3v) is 2.65. The maximum absolute atomic E-state index is 11.8. The zero-order valence-electron chi connectivity index (χ0n) is 9.71. The predicted octanol–water partition coefficient (Wildman–Crippen LogP) is 3.51. The first-order valence-electron chi connectivity index (χ1n) is 5.94. The van der Waals surface area contributed by atoms with Crippen LogP contribution in [0, 0.1) is 0 Å². The lowest BCUT2D eigenvalue weighted by molar-refractivity contribution is 0.0399. The zero-order chi connectivity index (χ0) is 11.9. The normalized spacial score (nSPS) is 23.2. The predicted molar refractivity (Wildman–Crippen MR) is 67.8 cm³/mol. The van der Waals surface area contributed by atoms with E-state index in [1.54, 1.807) is 12.1 Å². The summed E-state index contributed by atoms with van der Waals surface area (Å²) < 4.78 is 5.44. The first kappa shape index (κ1) is 11.6. The Bertz CT molecular complexity index is 418. The average Bonchev–Trinajstić information content (AvgIpc) is 2.33. The topological polar surface area (TPSA) is 26.3 Å². The standard InChI is InChI=1S/C15H16O2/c16-15(13-9-5-4-6-10-13)17-14-11-7-2-1-3-8-12-14/h2,4-10,12,14H,1,3,11H2/b7-2-,12-8-/t14-/m1/s1. The summed E-state index contributed by atoms with van der Waals surface area (Å²) in [5.74, 6) is -0.255. The van der Waals surface area contributed by atoms with E-state index in [2.05, 4.69) is 18.2 Å². The Balaban J connectivity index is 1.98. The summed E-state index contributed by atoms with van der Waals surface area (Å²) in [6.45, 7) is 0. The summed E-state index contributed by atoms with van der Waals surface area (Å²) in [4.78, 5) is 11.8. The number of rotatable bonds is 2. The van der Waals surface area contributed by atoms with Crippen LogP contribution < -0.4 is 0 Å². The van der Waals surface area contributed by atoms with Crippen LogP contribution in [-0.2, 0) is 4.74 Å². The fourth-order valence-electron chi connectivity index (χ4n) is 1.73. The third-order valence-electron chi connectivity index (χ3n) is 2.65. The Morgan fingerprint density at radius 1 is 1.06 bits per heavy atom. The number of carbonyl (C=O) groups is 1. The van der Waals surface area contributed by atoms with Crippen LogP contribution in [0.4, 0.5) is 0 Å². The van der Waals surface area contributed by atoms with Gasteiger partial charge in [0.1, 0.15) is 6.10 Å². The number of benzene rings is 1. The molecule has 1 aliphatic carbocycles. The summed E-state index contributed by atoms with van der Waals surface area (Å²) >= 11 is 0. The van der Waals surface area contributed by atoms with Crippen molar-refractivity contribution < 1.29 is 9.53 Å². The van der Waals surface area contributed by atoms with Gasteiger partial charge in [0.15, 0.2) is 0 Å². The minimum absolute atomic E-state index is 0.140. The van der Waals surface area contributed by atoms with Crippen LogP contribution in [0.2, 0.25) is 0 Å². The molecule has 1 aliphatic rings. The van der Waals surface area contributed by atoms with Gasteiger partial charge in [-0.05, 0) is 31.1 Å². The minimum Gasteiger partial charge on any atom is -0.454 e. The Labute approximate surface area is 102 Å². The van der Waals surface area contributed by atoms with Crippen LogP contribution in [-0.4, -0.2) is 12.1 Å². The monoisotopic (exact) mass is 228 g/mol. The zero-order valence-corrected chi connectivity index (χ0v) is 9.71. The van der Waals surface area contributed by atoms with E-state index >= 15 is 0 Å². The van der Waals surface area contributed by atoms with Gasteiger partial charge in [-0.25, -0.2) is 4.79 Å². The SMILES string of the molecule is O=C(O[C@H]1/C=C\CC/C=C\C1)c1ccccc1. The smallest absolute Gasteiger partial charge is 0.338 e. The largest absolute Gasteiger partial charge is 0.454 e. The van der Waals surface area contributed by atoms with Crippen LogP contribution in [0.25, 0.3) is 0 Å². The molecule has 0 saturated carbocycles. The first-order valence-corrected chi connectivity index (χ1v) is 5.94. The van der Waals surface area contributed by atoms with Crippen LogP contribution >= 0.6 is 0 Å². The summed E-state index contributed by atoms with van der Waals surface area (Å²) in [5, 5.41) is 0. The number of esters is 1. The van der Waals surface area contributed by atoms with Crippen molar-refractivity contribution in [1.29, 1.82) is 0 Å². The van der Waals surface area contributed by atoms with Crippen LogP contribution in [0.1, 0.15) is 29.6 Å². The highest BCUT2D eigenvalue weighted by molar-refractivity contribution is 5.89. The van der Waals surface area contributed by atoms with Crippen LogP contribution in [0.5, 0.6) is 0 Å². The Hall–Kier alpha value is -1.83. The first-order chi connectivity index (χ1) is 8.36. The highest BCUT2D eigenvalue weighted by Crippen LogP contribution is 2.11. The van der Waals surface area contributed by atoms with Gasteiger partial charge < -0.3 is 4.74 Å². The molecule has 0 unspecified atom stereocenters. The second-order valence-corrected chi connectivity index (χ2v) is 4.02. The number of carbonyl (C=O) groups excluding carboxylic acids is 1. The van der Waals surface area contributed by atoms with E-state index in [4.69, 9.17) is 4.74 Å².